The molecule has 5 N–H and O–H groups in total. The molecule has 1 aromatic heterocycles. The van der Waals surface area contributed by atoms with Crippen molar-refractivity contribution >= 4 is 35.2 Å². The van der Waals surface area contributed by atoms with E-state index < -0.39 is 12.1 Å². The predicted molar refractivity (Wildman–Crippen MR) is 180 cm³/mol. The van der Waals surface area contributed by atoms with Crippen molar-refractivity contribution in [2.24, 2.45) is 11.8 Å². The molecule has 6 rings (SSSR count). The van der Waals surface area contributed by atoms with Gasteiger partial charge >= 0.3 is 6.09 Å². The van der Waals surface area contributed by atoms with Gasteiger partial charge in [-0.05, 0) is 89.9 Å². The molecule has 14 nitrogen and oxygen atoms in total. The number of tetrazole rings is 1. The van der Waals surface area contributed by atoms with E-state index in [0.29, 0.717) is 44.0 Å². The van der Waals surface area contributed by atoms with Crippen molar-refractivity contribution in [3.05, 3.63) is 78.4 Å². The lowest BCUT2D eigenvalue weighted by Crippen LogP contribution is -2.48. The molecule has 3 aromatic carbocycles. The average molecular weight is 667 g/mol. The fourth-order valence-corrected chi connectivity index (χ4v) is 6.27. The molecule has 14 heteroatoms. The van der Waals surface area contributed by atoms with Crippen molar-refractivity contribution in [3.8, 4) is 22.5 Å². The van der Waals surface area contributed by atoms with Gasteiger partial charge in [-0.15, -0.1) is 10.2 Å². The first-order valence-electron chi connectivity index (χ1n) is 16.3. The molecule has 0 bridgehead atoms. The van der Waals surface area contributed by atoms with Gasteiger partial charge in [-0.1, -0.05) is 36.4 Å². The molecule has 2 heterocycles. The predicted octanol–water partition coefficient (Wildman–Crippen LogP) is 3.64. The highest BCUT2D eigenvalue weighted by Crippen LogP contribution is 2.29. The van der Waals surface area contributed by atoms with Crippen molar-refractivity contribution in [1.29, 1.82) is 0 Å². The third kappa shape index (κ3) is 8.65. The summed E-state index contributed by atoms with van der Waals surface area (Å²) in [5.74, 6) is -0.237. The Morgan fingerprint density at radius 2 is 1.59 bits per heavy atom. The molecule has 49 heavy (non-hydrogen) atoms. The molecule has 0 spiro atoms. The Balaban J connectivity index is 1.13. The number of H-pyrrole nitrogens is 1. The topological polar surface area (TPSA) is 192 Å². The maximum Gasteiger partial charge on any atom is 0.404 e. The zero-order valence-electron chi connectivity index (χ0n) is 26.8. The number of carbonyl (C=O) groups excluding carboxylic acids is 3. The van der Waals surface area contributed by atoms with Crippen molar-refractivity contribution < 1.29 is 29.0 Å². The summed E-state index contributed by atoms with van der Waals surface area (Å²) in [4.78, 5) is 51.9. The highest BCUT2D eigenvalue weighted by atomic mass is 16.5. The Kier molecular flexibility index (Phi) is 10.5. The van der Waals surface area contributed by atoms with Crippen LogP contribution in [0.3, 0.4) is 0 Å². The number of hydrogen-bond donors (Lipinski definition) is 5. The minimum Gasteiger partial charge on any atom is -0.465 e. The van der Waals surface area contributed by atoms with Gasteiger partial charge in [0.1, 0.15) is 12.6 Å². The summed E-state index contributed by atoms with van der Waals surface area (Å²) in [7, 11) is 0. The van der Waals surface area contributed by atoms with E-state index in [0.717, 1.165) is 40.8 Å². The van der Waals surface area contributed by atoms with E-state index in [2.05, 4.69) is 36.6 Å². The van der Waals surface area contributed by atoms with Crippen LogP contribution in [-0.2, 0) is 25.5 Å². The molecule has 4 amide bonds. The summed E-state index contributed by atoms with van der Waals surface area (Å²) >= 11 is 0. The summed E-state index contributed by atoms with van der Waals surface area (Å²) in [6.45, 7) is 1.49. The fraction of sp³-hybridized carbons (Fsp3) is 0.343. The van der Waals surface area contributed by atoms with Crippen molar-refractivity contribution in [3.63, 3.8) is 0 Å². The first kappa shape index (κ1) is 33.3. The summed E-state index contributed by atoms with van der Waals surface area (Å²) in [6.07, 6.45) is 1.92. The third-order valence-electron chi connectivity index (χ3n) is 9.04. The lowest BCUT2D eigenvalue weighted by atomic mass is 9.81. The Morgan fingerprint density at radius 1 is 0.918 bits per heavy atom. The highest BCUT2D eigenvalue weighted by molar-refractivity contribution is 5.98. The number of aromatic amines is 1. The van der Waals surface area contributed by atoms with Crippen molar-refractivity contribution in [1.82, 2.24) is 31.3 Å². The van der Waals surface area contributed by atoms with Crippen LogP contribution in [0.15, 0.2) is 72.8 Å². The molecule has 2 fully saturated rings. The SMILES string of the molecule is O=C(O)NC[C@H]1CC[C@H](C(=O)N[C@@H](Cc2ccc(-c3ccc(N4CCOCC4=O)cc3)cc2)C(=O)Nc2ccc(-c3nn[nH]n3)cc2)CC1. The van der Waals surface area contributed by atoms with Crippen LogP contribution in [0.5, 0.6) is 0 Å². The molecule has 1 aliphatic carbocycles. The van der Waals surface area contributed by atoms with Crippen LogP contribution < -0.4 is 20.9 Å². The van der Waals surface area contributed by atoms with Crippen LogP contribution in [0.1, 0.15) is 31.2 Å². The number of rotatable bonds is 11. The number of amides is 4. The van der Waals surface area contributed by atoms with Crippen molar-refractivity contribution in [2.45, 2.75) is 38.1 Å². The van der Waals surface area contributed by atoms with Gasteiger partial charge in [0, 0.05) is 42.4 Å². The molecular weight excluding hydrogens is 628 g/mol. The van der Waals surface area contributed by atoms with Gasteiger partial charge in [-0.25, -0.2) is 4.79 Å². The summed E-state index contributed by atoms with van der Waals surface area (Å²) in [5, 5.41) is 31.2. The number of carboxylic acid groups (broad SMARTS) is 1. The number of morpholine rings is 1. The minimum absolute atomic E-state index is 0.0596. The lowest BCUT2D eigenvalue weighted by Gasteiger charge is -2.29. The molecule has 1 saturated carbocycles. The fourth-order valence-electron chi connectivity index (χ4n) is 6.27. The normalized spacial score (nSPS) is 18.4. The largest absolute Gasteiger partial charge is 0.465 e. The third-order valence-corrected chi connectivity index (χ3v) is 9.04. The van der Waals surface area contributed by atoms with E-state index >= 15 is 0 Å². The van der Waals surface area contributed by atoms with Gasteiger partial charge < -0.3 is 30.7 Å². The molecule has 4 aromatic rings. The maximum atomic E-state index is 13.7. The Morgan fingerprint density at radius 3 is 2.22 bits per heavy atom. The van der Waals surface area contributed by atoms with Gasteiger partial charge in [-0.2, -0.15) is 5.21 Å². The number of anilines is 2. The zero-order valence-corrected chi connectivity index (χ0v) is 26.8. The van der Waals surface area contributed by atoms with Crippen LogP contribution in [0.2, 0.25) is 0 Å². The zero-order chi connectivity index (χ0) is 34.2. The molecule has 0 unspecified atom stereocenters. The average Bonchev–Trinajstić information content (AvgIpc) is 3.67. The number of nitrogens with one attached hydrogen (secondary N) is 4. The van der Waals surface area contributed by atoms with E-state index in [1.165, 1.54) is 0 Å². The molecule has 1 saturated heterocycles. The van der Waals surface area contributed by atoms with Crippen LogP contribution in [0.4, 0.5) is 16.2 Å². The minimum atomic E-state index is -1.05. The standard InChI is InChI=1S/C35H38N8O6/c44-31-21-49-18-17-43(31)29-15-11-25(12-16-29)24-5-1-22(2-6-24)19-30(38-33(45)27-7-3-23(4-8-27)20-36-35(47)48)34(46)37-28-13-9-26(10-14-28)32-39-41-42-40-32/h1-2,5-6,9-16,23,27,30,36H,3-4,7-8,17-21H2,(H,37,46)(H,38,45)(H,47,48)(H,39,40,41,42)/t23-,27-,30-/m0/s1. The second-order valence-corrected chi connectivity index (χ2v) is 12.3. The van der Waals surface area contributed by atoms with Gasteiger partial charge in [0.25, 0.3) is 5.91 Å². The summed E-state index contributed by atoms with van der Waals surface area (Å²) in [6, 6.07) is 21.8. The van der Waals surface area contributed by atoms with Crippen LogP contribution in [0, 0.1) is 11.8 Å². The Bertz CT molecular complexity index is 1740. The number of aromatic nitrogens is 4. The monoisotopic (exact) mass is 666 g/mol. The number of ether oxygens (including phenoxy) is 1. The quantitative estimate of drug-likeness (QED) is 0.159. The van der Waals surface area contributed by atoms with Gasteiger partial charge in [-0.3, -0.25) is 14.4 Å². The summed E-state index contributed by atoms with van der Waals surface area (Å²) in [5.41, 5.74) is 4.95. The number of hydrogen-bond acceptors (Lipinski definition) is 8. The molecule has 1 aliphatic heterocycles. The highest BCUT2D eigenvalue weighted by Gasteiger charge is 2.30. The first-order valence-corrected chi connectivity index (χ1v) is 16.3. The van der Waals surface area contributed by atoms with Crippen LogP contribution in [0.25, 0.3) is 22.5 Å². The molecule has 2 aliphatic rings. The van der Waals surface area contributed by atoms with Crippen molar-refractivity contribution in [2.75, 3.05) is 36.5 Å². The number of benzene rings is 3. The van der Waals surface area contributed by atoms with E-state index in [9.17, 15) is 19.2 Å². The van der Waals surface area contributed by atoms with Gasteiger partial charge in [0.2, 0.25) is 17.6 Å². The number of carbonyl (C=O) groups is 4. The smallest absolute Gasteiger partial charge is 0.404 e. The maximum absolute atomic E-state index is 13.7. The van der Waals surface area contributed by atoms with Crippen LogP contribution in [-0.4, -0.2) is 81.9 Å². The molecule has 0 radical (unpaired) electrons. The second-order valence-electron chi connectivity index (χ2n) is 12.3. The van der Waals surface area contributed by atoms with Gasteiger partial charge in [0.15, 0.2) is 0 Å². The second kappa shape index (κ2) is 15.5. The van der Waals surface area contributed by atoms with Crippen LogP contribution >= 0.6 is 0 Å². The Labute approximate surface area is 282 Å². The van der Waals surface area contributed by atoms with E-state index in [1.807, 2.05) is 48.5 Å². The number of nitrogens with zero attached hydrogens (tertiary/aromatic N) is 4. The van der Waals surface area contributed by atoms with E-state index in [-0.39, 0.29) is 42.6 Å². The molecular formula is C35H38N8O6. The Hall–Kier alpha value is -5.63. The molecule has 1 atom stereocenters. The molecule has 254 valence electrons. The van der Waals surface area contributed by atoms with Gasteiger partial charge in [0.05, 0.1) is 6.61 Å². The first-order chi connectivity index (χ1) is 23.8. The van der Waals surface area contributed by atoms with E-state index in [4.69, 9.17) is 9.84 Å². The summed E-state index contributed by atoms with van der Waals surface area (Å²) < 4.78 is 5.23. The van der Waals surface area contributed by atoms with E-state index in [1.54, 1.807) is 29.2 Å². The lowest BCUT2D eigenvalue weighted by molar-refractivity contribution is -0.130.